The third-order valence-electron chi connectivity index (χ3n) is 3.90. The van der Waals surface area contributed by atoms with E-state index < -0.39 is 52.7 Å². The molecule has 0 aliphatic carbocycles. The Kier molecular flexibility index (Phi) is 10.8. The van der Waals surface area contributed by atoms with E-state index in [2.05, 4.69) is 0 Å². The van der Waals surface area contributed by atoms with E-state index in [1.807, 2.05) is 0 Å². The Hall–Kier alpha value is 0.120. The van der Waals surface area contributed by atoms with Crippen LogP contribution in [0.15, 0.2) is 0 Å². The zero-order valence-corrected chi connectivity index (χ0v) is 19.6. The molecule has 0 bridgehead atoms. The summed E-state index contributed by atoms with van der Waals surface area (Å²) in [6, 6.07) is 0. The molecule has 0 aliphatic heterocycles. The fourth-order valence-corrected chi connectivity index (χ4v) is 7.85. The Morgan fingerprint density at radius 2 is 0.963 bits per heavy atom. The highest BCUT2D eigenvalue weighted by Crippen LogP contribution is 2.24. The van der Waals surface area contributed by atoms with Crippen LogP contribution in [0, 0.1) is 10.8 Å². The quantitative estimate of drug-likeness (QED) is 0.365. The maximum atomic E-state index is 12.0. The van der Waals surface area contributed by atoms with E-state index in [-0.39, 0.29) is 11.5 Å². The van der Waals surface area contributed by atoms with Crippen LogP contribution in [0.4, 0.5) is 0 Å². The molecule has 0 spiro atoms. The minimum absolute atomic E-state index is 0.302. The summed E-state index contributed by atoms with van der Waals surface area (Å²) in [7, 11) is -10.5. The van der Waals surface area contributed by atoms with E-state index in [1.165, 1.54) is 0 Å². The Morgan fingerprint density at radius 1 is 0.667 bits per heavy atom. The second-order valence-electron chi connectivity index (χ2n) is 8.33. The lowest BCUT2D eigenvalue weighted by Crippen LogP contribution is -2.26. The van der Waals surface area contributed by atoms with Gasteiger partial charge in [0, 0.05) is 44.6 Å². The summed E-state index contributed by atoms with van der Waals surface area (Å²) in [6.45, 7) is 6.73. The van der Waals surface area contributed by atoms with Crippen LogP contribution >= 0.6 is 0 Å². The van der Waals surface area contributed by atoms with Crippen molar-refractivity contribution in [2.24, 2.45) is 10.8 Å². The summed E-state index contributed by atoms with van der Waals surface area (Å²) in [5.41, 5.74) is -1.35. The molecular formula is C15H32O8S4. The average Bonchev–Trinajstić information content (AvgIpc) is 2.38. The standard InChI is InChI=1S/C15H32O8S4/c1-14(2,12-26(18,19)20)6-10-24(16)8-5-9-25(17)11-7-15(3,4)13-27(21,22)23/h5-13H2,1-4H3,(H,18,19,20)(H,21,22,23). The van der Waals surface area contributed by atoms with Crippen LogP contribution in [-0.2, 0) is 41.8 Å². The van der Waals surface area contributed by atoms with E-state index in [1.54, 1.807) is 27.7 Å². The molecule has 164 valence electrons. The summed E-state index contributed by atoms with van der Waals surface area (Å²) in [5, 5.41) is 0. The molecule has 0 aromatic rings. The summed E-state index contributed by atoms with van der Waals surface area (Å²) in [5.74, 6) is 0.526. The number of hydrogen-bond acceptors (Lipinski definition) is 6. The Balaban J connectivity index is 4.15. The second-order valence-corrected chi connectivity index (χ2v) is 14.6. The maximum absolute atomic E-state index is 12.0. The van der Waals surface area contributed by atoms with E-state index in [0.717, 1.165) is 0 Å². The highest BCUT2D eigenvalue weighted by Gasteiger charge is 2.26. The molecule has 2 N–H and O–H groups in total. The lowest BCUT2D eigenvalue weighted by atomic mass is 9.93. The van der Waals surface area contributed by atoms with E-state index in [0.29, 0.717) is 42.3 Å². The first-order valence-corrected chi connectivity index (χ1v) is 14.7. The molecule has 12 heteroatoms. The lowest BCUT2D eigenvalue weighted by molar-refractivity contribution is 0.377. The van der Waals surface area contributed by atoms with Gasteiger partial charge in [0.25, 0.3) is 20.2 Å². The van der Waals surface area contributed by atoms with Gasteiger partial charge in [0.2, 0.25) is 0 Å². The minimum Gasteiger partial charge on any atom is -0.286 e. The van der Waals surface area contributed by atoms with Crippen molar-refractivity contribution < 1.29 is 34.4 Å². The average molecular weight is 469 g/mol. The molecular weight excluding hydrogens is 436 g/mol. The van der Waals surface area contributed by atoms with Crippen LogP contribution < -0.4 is 0 Å². The fourth-order valence-electron chi connectivity index (χ4n) is 2.50. The molecule has 27 heavy (non-hydrogen) atoms. The minimum atomic E-state index is -4.08. The van der Waals surface area contributed by atoms with Gasteiger partial charge in [0.1, 0.15) is 0 Å². The molecule has 0 radical (unpaired) electrons. The van der Waals surface area contributed by atoms with Crippen LogP contribution in [0.25, 0.3) is 0 Å². The molecule has 2 atom stereocenters. The van der Waals surface area contributed by atoms with Crippen molar-refractivity contribution in [1.82, 2.24) is 0 Å². The van der Waals surface area contributed by atoms with E-state index in [9.17, 15) is 25.3 Å². The van der Waals surface area contributed by atoms with Gasteiger partial charge in [-0.3, -0.25) is 17.5 Å². The van der Waals surface area contributed by atoms with Crippen molar-refractivity contribution in [3.05, 3.63) is 0 Å². The first kappa shape index (κ1) is 27.1. The largest absolute Gasteiger partial charge is 0.286 e. The van der Waals surface area contributed by atoms with Gasteiger partial charge in [-0.15, -0.1) is 0 Å². The van der Waals surface area contributed by atoms with Gasteiger partial charge in [0.05, 0.1) is 11.5 Å². The highest BCUT2D eigenvalue weighted by atomic mass is 32.2. The number of hydrogen-bond donors (Lipinski definition) is 2. The fraction of sp³-hybridized carbons (Fsp3) is 1.00. The van der Waals surface area contributed by atoms with E-state index >= 15 is 0 Å². The first-order valence-electron chi connectivity index (χ1n) is 8.51. The topological polar surface area (TPSA) is 143 Å². The second kappa shape index (κ2) is 10.8. The molecule has 0 amide bonds. The molecule has 0 rings (SSSR count). The van der Waals surface area contributed by atoms with Crippen LogP contribution in [0.1, 0.15) is 47.0 Å². The molecule has 2 unspecified atom stereocenters. The molecule has 0 aromatic carbocycles. The monoisotopic (exact) mass is 468 g/mol. The zero-order valence-electron chi connectivity index (χ0n) is 16.3. The van der Waals surface area contributed by atoms with Crippen molar-refractivity contribution in [2.75, 3.05) is 34.5 Å². The third-order valence-corrected chi connectivity index (χ3v) is 9.00. The summed E-state index contributed by atoms with van der Waals surface area (Å²) in [6.07, 6.45) is 1.25. The molecule has 8 nitrogen and oxygen atoms in total. The predicted molar refractivity (Wildman–Crippen MR) is 110 cm³/mol. The lowest BCUT2D eigenvalue weighted by Gasteiger charge is -2.22. The smallest absolute Gasteiger partial charge is 0.265 e. The Labute approximate surface area is 168 Å². The van der Waals surface area contributed by atoms with Gasteiger partial charge in [0.15, 0.2) is 0 Å². The predicted octanol–water partition coefficient (Wildman–Crippen LogP) is 1.48. The van der Waals surface area contributed by atoms with Crippen LogP contribution in [-0.4, -0.2) is 68.9 Å². The Bertz CT molecular complexity index is 661. The zero-order chi connectivity index (χ0) is 21.5. The van der Waals surface area contributed by atoms with Gasteiger partial charge in [-0.2, -0.15) is 16.8 Å². The first-order chi connectivity index (χ1) is 11.9. The van der Waals surface area contributed by atoms with Crippen molar-refractivity contribution in [3.8, 4) is 0 Å². The number of rotatable bonds is 14. The van der Waals surface area contributed by atoms with Gasteiger partial charge in [-0.25, -0.2) is 0 Å². The molecule has 0 aromatic heterocycles. The van der Waals surface area contributed by atoms with Crippen LogP contribution in [0.2, 0.25) is 0 Å². The van der Waals surface area contributed by atoms with Gasteiger partial charge >= 0.3 is 0 Å². The molecule has 0 aliphatic rings. The third kappa shape index (κ3) is 16.8. The van der Waals surface area contributed by atoms with Crippen molar-refractivity contribution in [3.63, 3.8) is 0 Å². The van der Waals surface area contributed by atoms with Gasteiger partial charge in [-0.05, 0) is 30.1 Å². The summed E-state index contributed by atoms with van der Waals surface area (Å²) < 4.78 is 85.6. The molecule has 0 saturated carbocycles. The molecule has 0 saturated heterocycles. The van der Waals surface area contributed by atoms with Gasteiger partial charge in [-0.1, -0.05) is 27.7 Å². The molecule has 0 fully saturated rings. The highest BCUT2D eigenvalue weighted by molar-refractivity contribution is 7.86. The SMILES string of the molecule is CC(C)(CCS(=O)CCCS(=O)CCC(C)(C)CS(=O)(=O)O)CS(=O)(=O)O. The summed E-state index contributed by atoms with van der Waals surface area (Å²) >= 11 is 0. The Morgan fingerprint density at radius 3 is 1.22 bits per heavy atom. The van der Waals surface area contributed by atoms with Crippen molar-refractivity contribution in [1.29, 1.82) is 0 Å². The van der Waals surface area contributed by atoms with Gasteiger partial charge < -0.3 is 0 Å². The normalized spacial score (nSPS) is 16.2. The summed E-state index contributed by atoms with van der Waals surface area (Å²) in [4.78, 5) is 0. The molecule has 0 heterocycles. The van der Waals surface area contributed by atoms with Crippen LogP contribution in [0.3, 0.4) is 0 Å². The maximum Gasteiger partial charge on any atom is 0.265 e. The van der Waals surface area contributed by atoms with Crippen molar-refractivity contribution >= 4 is 41.8 Å². The van der Waals surface area contributed by atoms with E-state index in [4.69, 9.17) is 9.11 Å². The van der Waals surface area contributed by atoms with Crippen molar-refractivity contribution in [2.45, 2.75) is 47.0 Å². The van der Waals surface area contributed by atoms with Crippen LogP contribution in [0.5, 0.6) is 0 Å².